The highest BCUT2D eigenvalue weighted by Crippen LogP contribution is 2.39. The van der Waals surface area contributed by atoms with Gasteiger partial charge in [0.25, 0.3) is 0 Å². The van der Waals surface area contributed by atoms with Gasteiger partial charge in [-0.3, -0.25) is 9.59 Å². The van der Waals surface area contributed by atoms with Crippen molar-refractivity contribution in [3.05, 3.63) is 44.9 Å². The first kappa shape index (κ1) is 20.5. The molecule has 1 saturated carbocycles. The van der Waals surface area contributed by atoms with Crippen LogP contribution in [0.25, 0.3) is 0 Å². The van der Waals surface area contributed by atoms with Crippen LogP contribution in [0.5, 0.6) is 5.75 Å². The topological polar surface area (TPSA) is 65.5 Å². The van der Waals surface area contributed by atoms with Crippen LogP contribution in [0.3, 0.4) is 0 Å². The Morgan fingerprint density at radius 3 is 2.66 bits per heavy atom. The average molecular weight is 434 g/mol. The van der Waals surface area contributed by atoms with E-state index in [0.29, 0.717) is 35.4 Å². The molecule has 1 saturated heterocycles. The summed E-state index contributed by atoms with van der Waals surface area (Å²) in [7, 11) is 0. The fourth-order valence-electron chi connectivity index (χ4n) is 4.20. The van der Waals surface area contributed by atoms with Crippen molar-refractivity contribution in [3.8, 4) is 5.75 Å². The maximum atomic E-state index is 13.0. The number of carbonyl (C=O) groups excluding carboxylic acids is 2. The van der Waals surface area contributed by atoms with Gasteiger partial charge in [-0.25, -0.2) is 4.98 Å². The summed E-state index contributed by atoms with van der Waals surface area (Å²) >= 11 is 7.37. The zero-order chi connectivity index (χ0) is 20.4. The highest BCUT2D eigenvalue weighted by molar-refractivity contribution is 7.11. The van der Waals surface area contributed by atoms with Gasteiger partial charge in [0.2, 0.25) is 0 Å². The van der Waals surface area contributed by atoms with Crippen LogP contribution in [0.2, 0.25) is 5.02 Å². The number of halogens is 1. The summed E-state index contributed by atoms with van der Waals surface area (Å²) < 4.78 is 11.2. The van der Waals surface area contributed by atoms with Crippen molar-refractivity contribution in [1.82, 2.24) is 4.98 Å². The molecule has 29 heavy (non-hydrogen) atoms. The number of benzene rings is 1. The molecule has 2 aromatic rings. The smallest absolute Gasteiger partial charge is 0.152 e. The number of rotatable bonds is 6. The van der Waals surface area contributed by atoms with Crippen molar-refractivity contribution in [3.63, 3.8) is 0 Å². The van der Waals surface area contributed by atoms with Crippen LogP contribution in [-0.2, 0) is 20.9 Å². The number of Topliss-reactive ketones (excluding diaryl/α,β-unsaturated/α-hetero) is 2. The minimum absolute atomic E-state index is 0.00521. The first-order valence-electron chi connectivity index (χ1n) is 10.00. The molecule has 1 aliphatic heterocycles. The molecule has 0 bridgehead atoms. The molecule has 2 atom stereocenters. The molecule has 1 aliphatic carbocycles. The first-order chi connectivity index (χ1) is 14.0. The van der Waals surface area contributed by atoms with Crippen LogP contribution in [0, 0.1) is 18.8 Å². The molecule has 2 heterocycles. The predicted octanol–water partition coefficient (Wildman–Crippen LogP) is 4.74. The van der Waals surface area contributed by atoms with E-state index in [2.05, 4.69) is 4.98 Å². The van der Waals surface area contributed by atoms with Gasteiger partial charge < -0.3 is 9.47 Å². The molecular weight excluding hydrogens is 410 g/mol. The second-order valence-corrected chi connectivity index (χ2v) is 9.51. The van der Waals surface area contributed by atoms with Gasteiger partial charge in [-0.1, -0.05) is 11.6 Å². The number of aryl methyl sites for hydroxylation is 1. The van der Waals surface area contributed by atoms with Crippen LogP contribution >= 0.6 is 22.9 Å². The third-order valence-electron chi connectivity index (χ3n) is 5.74. The molecule has 0 N–H and O–H groups in total. The van der Waals surface area contributed by atoms with Crippen LogP contribution < -0.4 is 4.74 Å². The third-order valence-corrected chi connectivity index (χ3v) is 6.95. The van der Waals surface area contributed by atoms with Crippen molar-refractivity contribution in [1.29, 1.82) is 0 Å². The highest BCUT2D eigenvalue weighted by atomic mass is 35.5. The Morgan fingerprint density at radius 1 is 1.21 bits per heavy atom. The summed E-state index contributed by atoms with van der Waals surface area (Å²) in [6.07, 6.45) is 3.09. The Morgan fingerprint density at radius 2 is 1.93 bits per heavy atom. The highest BCUT2D eigenvalue weighted by Gasteiger charge is 2.44. The van der Waals surface area contributed by atoms with Crippen LogP contribution in [0.15, 0.2) is 24.3 Å². The number of ether oxygens (including phenoxy) is 2. The third kappa shape index (κ3) is 4.71. The van der Waals surface area contributed by atoms with Gasteiger partial charge >= 0.3 is 0 Å². The molecule has 1 aromatic heterocycles. The number of thiazole rings is 1. The molecular formula is C22H24ClNO4S. The summed E-state index contributed by atoms with van der Waals surface area (Å²) in [6, 6.07) is 7.14. The number of carbonyl (C=O) groups is 2. The summed E-state index contributed by atoms with van der Waals surface area (Å²) in [6.45, 7) is 3.73. The molecule has 4 rings (SSSR count). The van der Waals surface area contributed by atoms with E-state index in [9.17, 15) is 9.59 Å². The molecule has 1 aromatic carbocycles. The lowest BCUT2D eigenvalue weighted by atomic mass is 9.86. The van der Waals surface area contributed by atoms with Crippen molar-refractivity contribution >= 4 is 34.5 Å². The Labute approximate surface area is 179 Å². The van der Waals surface area contributed by atoms with Gasteiger partial charge in [-0.2, -0.15) is 0 Å². The molecule has 154 valence electrons. The van der Waals surface area contributed by atoms with Gasteiger partial charge in [0, 0.05) is 35.5 Å². The monoisotopic (exact) mass is 433 g/mol. The summed E-state index contributed by atoms with van der Waals surface area (Å²) in [5.74, 6) is 0.342. The van der Waals surface area contributed by atoms with Gasteiger partial charge in [-0.05, 0) is 56.4 Å². The number of aromatic nitrogens is 1. The minimum Gasteiger partial charge on any atom is -0.486 e. The Bertz CT molecular complexity index is 889. The van der Waals surface area contributed by atoms with Gasteiger partial charge in [0.05, 0.1) is 5.69 Å². The molecule has 2 unspecified atom stereocenters. The lowest BCUT2D eigenvalue weighted by Crippen LogP contribution is -2.22. The molecule has 7 heteroatoms. The lowest BCUT2D eigenvalue weighted by molar-refractivity contribution is -0.125. The summed E-state index contributed by atoms with van der Waals surface area (Å²) in [5.41, 5.74) is 0.620. The number of hydrogen-bond donors (Lipinski definition) is 0. The van der Waals surface area contributed by atoms with E-state index in [-0.39, 0.29) is 17.5 Å². The van der Waals surface area contributed by atoms with Gasteiger partial charge in [0.1, 0.15) is 29.1 Å². The van der Waals surface area contributed by atoms with E-state index in [1.165, 1.54) is 11.3 Å². The van der Waals surface area contributed by atoms with Gasteiger partial charge in [0.15, 0.2) is 5.78 Å². The predicted molar refractivity (Wildman–Crippen MR) is 112 cm³/mol. The van der Waals surface area contributed by atoms with Gasteiger partial charge in [-0.15, -0.1) is 11.3 Å². The normalized spacial score (nSPS) is 23.0. The number of hydrogen-bond acceptors (Lipinski definition) is 6. The van der Waals surface area contributed by atoms with Crippen molar-refractivity contribution in [2.24, 2.45) is 11.8 Å². The zero-order valence-corrected chi connectivity index (χ0v) is 17.9. The maximum absolute atomic E-state index is 13.0. The second-order valence-electron chi connectivity index (χ2n) is 7.79. The van der Waals surface area contributed by atoms with E-state index in [0.717, 1.165) is 42.4 Å². The van der Waals surface area contributed by atoms with E-state index in [1.54, 1.807) is 24.3 Å². The Kier molecular flexibility index (Phi) is 6.32. The fraction of sp³-hybridized carbons (Fsp3) is 0.500. The summed E-state index contributed by atoms with van der Waals surface area (Å²) in [4.78, 5) is 31.2. The van der Waals surface area contributed by atoms with E-state index in [4.69, 9.17) is 21.1 Å². The second kappa shape index (κ2) is 8.94. The molecule has 2 aliphatic rings. The van der Waals surface area contributed by atoms with Crippen LogP contribution in [-0.4, -0.2) is 29.8 Å². The first-order valence-corrected chi connectivity index (χ1v) is 11.2. The van der Waals surface area contributed by atoms with Crippen LogP contribution in [0.1, 0.15) is 47.2 Å². The standard InChI is InChI=1S/C22H24ClNO4S/c1-13-21(24-19(29-13)12-28-17-4-2-16(23)3-5-17)20-18(25)11-15(22(20)26)10-14-6-8-27-9-7-14/h2-5,14-15,20H,6-12H2,1H3. The molecule has 0 radical (unpaired) electrons. The summed E-state index contributed by atoms with van der Waals surface area (Å²) in [5, 5.41) is 1.42. The van der Waals surface area contributed by atoms with Crippen molar-refractivity contribution in [2.45, 2.75) is 45.1 Å². The molecule has 5 nitrogen and oxygen atoms in total. The largest absolute Gasteiger partial charge is 0.486 e. The van der Waals surface area contributed by atoms with E-state index >= 15 is 0 Å². The zero-order valence-electron chi connectivity index (χ0n) is 16.4. The quantitative estimate of drug-likeness (QED) is 0.615. The Hall–Kier alpha value is -1.76. The maximum Gasteiger partial charge on any atom is 0.152 e. The van der Waals surface area contributed by atoms with E-state index < -0.39 is 5.92 Å². The van der Waals surface area contributed by atoms with Crippen molar-refractivity contribution in [2.75, 3.05) is 13.2 Å². The SMILES string of the molecule is Cc1sc(COc2ccc(Cl)cc2)nc1C1C(=O)CC(CC2CCOCC2)C1=O. The minimum atomic E-state index is -0.708. The fourth-order valence-corrected chi connectivity index (χ4v) is 5.21. The number of nitrogens with zero attached hydrogens (tertiary/aromatic N) is 1. The Balaban J connectivity index is 1.42. The molecule has 0 amide bonds. The van der Waals surface area contributed by atoms with Crippen molar-refractivity contribution < 1.29 is 19.1 Å². The lowest BCUT2D eigenvalue weighted by Gasteiger charge is -2.23. The molecule has 0 spiro atoms. The number of ketones is 2. The molecule has 2 fully saturated rings. The average Bonchev–Trinajstić information content (AvgIpc) is 3.20. The van der Waals surface area contributed by atoms with E-state index in [1.807, 2.05) is 6.92 Å². The van der Waals surface area contributed by atoms with Crippen LogP contribution in [0.4, 0.5) is 0 Å².